The number of carbonyl (C=O) groups is 4. The van der Waals surface area contributed by atoms with Gasteiger partial charge in [-0.05, 0) is 36.5 Å². The van der Waals surface area contributed by atoms with E-state index in [1.165, 1.54) is 0 Å². The monoisotopic (exact) mass is 732 g/mol. The van der Waals surface area contributed by atoms with E-state index in [1.807, 2.05) is 9.80 Å². The number of carbonyl (C=O) groups excluding carboxylic acids is 4. The van der Waals surface area contributed by atoms with Crippen LogP contribution >= 0.6 is 0 Å². The number of ether oxygens (including phenoxy) is 4. The lowest BCUT2D eigenvalue weighted by atomic mass is 9.92. The minimum Gasteiger partial charge on any atom is -0.371 e. The average Bonchev–Trinajstić information content (AvgIpc) is 3.78. The normalized spacial score (nSPS) is 19.6. The number of amides is 3. The Morgan fingerprint density at radius 1 is 0.577 bits per heavy atom. The van der Waals surface area contributed by atoms with Crippen molar-refractivity contribution >= 4 is 23.5 Å². The Morgan fingerprint density at radius 2 is 0.923 bits per heavy atom. The molecule has 2 heterocycles. The minimum absolute atomic E-state index is 0.0222. The van der Waals surface area contributed by atoms with Crippen molar-refractivity contribution in [3.63, 3.8) is 0 Å². The predicted octanol–water partition coefficient (Wildman–Crippen LogP) is 5.37. The van der Waals surface area contributed by atoms with E-state index in [9.17, 15) is 19.2 Å². The van der Waals surface area contributed by atoms with Crippen LogP contribution in [0.5, 0.6) is 0 Å². The second-order valence-electron chi connectivity index (χ2n) is 13.6. The molecule has 11 nitrogen and oxygen atoms in total. The topological polar surface area (TPSA) is 115 Å². The van der Waals surface area contributed by atoms with Crippen LogP contribution in [0.25, 0.3) is 0 Å². The summed E-state index contributed by atoms with van der Waals surface area (Å²) in [5.74, 6) is 2.37. The third-order valence-corrected chi connectivity index (χ3v) is 10.0. The van der Waals surface area contributed by atoms with Crippen LogP contribution < -0.4 is 0 Å². The number of rotatable bonds is 27. The van der Waals surface area contributed by atoms with Gasteiger partial charge in [-0.25, -0.2) is 0 Å². The Kier molecular flexibility index (Phi) is 25.6. The molecule has 0 spiro atoms. The molecule has 0 aliphatic carbocycles. The van der Waals surface area contributed by atoms with Crippen LogP contribution in [0, 0.1) is 29.6 Å². The van der Waals surface area contributed by atoms with Crippen LogP contribution in [-0.4, -0.2) is 130 Å². The number of hydrogen-bond acceptors (Lipinski definition) is 8. The molecule has 2 saturated heterocycles. The highest BCUT2D eigenvalue weighted by atomic mass is 16.5. The van der Waals surface area contributed by atoms with Crippen molar-refractivity contribution in [1.82, 2.24) is 14.7 Å². The van der Waals surface area contributed by atoms with Crippen LogP contribution in [0.4, 0.5) is 0 Å². The van der Waals surface area contributed by atoms with Crippen molar-refractivity contribution in [2.24, 2.45) is 29.6 Å². The first-order chi connectivity index (χ1) is 25.1. The van der Waals surface area contributed by atoms with Crippen LogP contribution in [0.3, 0.4) is 0 Å². The molecule has 0 radical (unpaired) electrons. The molecule has 3 amide bonds. The molecule has 4 unspecified atom stereocenters. The van der Waals surface area contributed by atoms with E-state index in [1.54, 1.807) is 29.2 Å². The van der Waals surface area contributed by atoms with Gasteiger partial charge >= 0.3 is 0 Å². The lowest BCUT2D eigenvalue weighted by Crippen LogP contribution is -2.34. The van der Waals surface area contributed by atoms with Gasteiger partial charge in [0.15, 0.2) is 5.78 Å². The van der Waals surface area contributed by atoms with E-state index in [4.69, 9.17) is 18.9 Å². The van der Waals surface area contributed by atoms with Crippen LogP contribution in [-0.2, 0) is 38.1 Å². The summed E-state index contributed by atoms with van der Waals surface area (Å²) >= 11 is 0. The quantitative estimate of drug-likeness (QED) is 0.0820. The maximum Gasteiger partial charge on any atom is 0.249 e. The average molecular weight is 732 g/mol. The maximum atomic E-state index is 12.3. The van der Waals surface area contributed by atoms with Gasteiger partial charge in [0.05, 0.1) is 26.4 Å². The number of hydrogen-bond donors (Lipinski definition) is 0. The van der Waals surface area contributed by atoms with E-state index in [0.29, 0.717) is 62.8 Å². The molecule has 2 aliphatic rings. The zero-order valence-corrected chi connectivity index (χ0v) is 32.8. The van der Waals surface area contributed by atoms with E-state index < -0.39 is 0 Å². The number of nitrogens with zero attached hydrogens (tertiary/aromatic N) is 3. The highest BCUT2D eigenvalue weighted by Crippen LogP contribution is 2.29. The molecule has 4 atom stereocenters. The number of likely N-dealkylation sites (tertiary alicyclic amines) is 2. The fraction of sp³-hybridized carbons (Fsp3) is 0.707. The van der Waals surface area contributed by atoms with E-state index in [2.05, 4.69) is 54.0 Å². The third kappa shape index (κ3) is 17.6. The Morgan fingerprint density at radius 3 is 1.25 bits per heavy atom. The lowest BCUT2D eigenvalue weighted by molar-refractivity contribution is -0.138. The van der Waals surface area contributed by atoms with Crippen molar-refractivity contribution in [2.45, 2.75) is 66.2 Å². The van der Waals surface area contributed by atoms with Crippen LogP contribution in [0.1, 0.15) is 66.2 Å². The molecule has 2 rings (SSSR count). The second kappa shape index (κ2) is 28.4. The van der Waals surface area contributed by atoms with E-state index in [-0.39, 0.29) is 69.1 Å². The molecule has 0 aromatic carbocycles. The van der Waals surface area contributed by atoms with Crippen LogP contribution in [0.15, 0.2) is 50.6 Å². The molecule has 11 heteroatoms. The summed E-state index contributed by atoms with van der Waals surface area (Å²) in [6.45, 7) is 29.0. The summed E-state index contributed by atoms with van der Waals surface area (Å²) in [7, 11) is 0. The summed E-state index contributed by atoms with van der Waals surface area (Å²) < 4.78 is 21.5. The summed E-state index contributed by atoms with van der Waals surface area (Å²) in [6, 6.07) is 0. The number of Topliss-reactive ketones (excluding diaryl/α,β-unsaturated/α-hetero) is 1. The van der Waals surface area contributed by atoms with Crippen molar-refractivity contribution in [3.8, 4) is 0 Å². The van der Waals surface area contributed by atoms with Gasteiger partial charge in [-0.15, -0.1) is 26.3 Å². The van der Waals surface area contributed by atoms with Crippen molar-refractivity contribution < 1.29 is 38.1 Å². The first-order valence-electron chi connectivity index (χ1n) is 19.2. The molecule has 52 heavy (non-hydrogen) atoms. The molecule has 0 N–H and O–H groups in total. The van der Waals surface area contributed by atoms with E-state index in [0.717, 1.165) is 51.9 Å². The largest absolute Gasteiger partial charge is 0.371 e. The minimum atomic E-state index is -0.136. The molecular weight excluding hydrogens is 662 g/mol. The maximum absolute atomic E-state index is 12.3. The molecule has 0 aromatic rings. The zero-order chi connectivity index (χ0) is 38.7. The Hall–Kier alpha value is -3.12. The summed E-state index contributed by atoms with van der Waals surface area (Å²) in [5, 5.41) is 0. The molecular formula is C41H69N3O8. The molecule has 2 aliphatic heterocycles. The van der Waals surface area contributed by atoms with Crippen molar-refractivity contribution in [1.29, 1.82) is 0 Å². The molecule has 2 fully saturated rings. The predicted molar refractivity (Wildman–Crippen MR) is 207 cm³/mol. The van der Waals surface area contributed by atoms with Gasteiger partial charge in [-0.1, -0.05) is 77.7 Å². The fourth-order valence-electron chi connectivity index (χ4n) is 6.76. The van der Waals surface area contributed by atoms with Gasteiger partial charge in [0, 0.05) is 45.2 Å². The van der Waals surface area contributed by atoms with Crippen molar-refractivity contribution in [3.05, 3.63) is 50.6 Å². The Balaban J connectivity index is 0.000000528. The van der Waals surface area contributed by atoms with Gasteiger partial charge in [-0.3, -0.25) is 19.2 Å². The molecule has 296 valence electrons. The van der Waals surface area contributed by atoms with Gasteiger partial charge in [-0.2, -0.15) is 0 Å². The Labute approximate surface area is 314 Å². The third-order valence-electron chi connectivity index (χ3n) is 10.0. The first-order valence-corrected chi connectivity index (χ1v) is 19.2. The standard InChI is InChI=1S/C22H40N2O4.C19H29NO4/c1-5-17-11-23(12-18(17)6-2)21(25)15-27-9-10-28-16-22(26)24-13-19(7-3)20(8-4)14-24;1-5-9-17(10-6-2)18(21)15-23-13-14-24-16-19(22)20(11-7-3)12-8-4/h17-20H,5-16H2,1-4H3;5-8,17H,1-4,9-16H2. The lowest BCUT2D eigenvalue weighted by Gasteiger charge is -2.19. The highest BCUT2D eigenvalue weighted by molar-refractivity contribution is 5.82. The van der Waals surface area contributed by atoms with Crippen molar-refractivity contribution in [2.75, 3.05) is 92.1 Å². The molecule has 0 saturated carbocycles. The van der Waals surface area contributed by atoms with Crippen LogP contribution in [0.2, 0.25) is 0 Å². The van der Waals surface area contributed by atoms with Gasteiger partial charge in [0.2, 0.25) is 17.7 Å². The highest BCUT2D eigenvalue weighted by Gasteiger charge is 2.33. The number of ketones is 1. The summed E-state index contributed by atoms with van der Waals surface area (Å²) in [6.07, 6.45) is 12.5. The van der Waals surface area contributed by atoms with Gasteiger partial charge in [0.25, 0.3) is 0 Å². The second-order valence-corrected chi connectivity index (χ2v) is 13.6. The first kappa shape index (κ1) is 46.9. The van der Waals surface area contributed by atoms with E-state index >= 15 is 0 Å². The smallest absolute Gasteiger partial charge is 0.249 e. The summed E-state index contributed by atoms with van der Waals surface area (Å²) in [4.78, 5) is 53.9. The Bertz CT molecular complexity index is 970. The fourth-order valence-corrected chi connectivity index (χ4v) is 6.76. The zero-order valence-electron chi connectivity index (χ0n) is 32.8. The number of allylic oxidation sites excluding steroid dienone is 2. The molecule has 0 aromatic heterocycles. The van der Waals surface area contributed by atoms with Gasteiger partial charge in [0.1, 0.15) is 26.4 Å². The SMILES string of the molecule is C=CCC(CC=C)C(=O)COCCOCC(=O)N(CC=C)CC=C.CCC1CN(C(=O)COCCOCC(=O)N2CC(CC)C(CC)C2)CC1CC. The molecule has 0 bridgehead atoms. The summed E-state index contributed by atoms with van der Waals surface area (Å²) in [5.41, 5.74) is 0. The van der Waals surface area contributed by atoms with Gasteiger partial charge < -0.3 is 33.6 Å².